The first-order valence-corrected chi connectivity index (χ1v) is 9.42. The van der Waals surface area contributed by atoms with Gasteiger partial charge in [0.2, 0.25) is 0 Å². The summed E-state index contributed by atoms with van der Waals surface area (Å²) in [6.07, 6.45) is 0. The Bertz CT molecular complexity index is 797. The van der Waals surface area contributed by atoms with Gasteiger partial charge in [-0.25, -0.2) is 4.79 Å². The third-order valence-corrected chi connectivity index (χ3v) is 5.01. The van der Waals surface area contributed by atoms with Gasteiger partial charge in [-0.05, 0) is 24.6 Å². The van der Waals surface area contributed by atoms with Crippen LogP contribution in [-0.4, -0.2) is 54.7 Å². The van der Waals surface area contributed by atoms with Crippen molar-refractivity contribution in [3.8, 4) is 11.5 Å². The number of urea groups is 1. The lowest BCUT2D eigenvalue weighted by molar-refractivity contribution is 0.104. The Balaban J connectivity index is 1.34. The maximum atomic E-state index is 12.7. The van der Waals surface area contributed by atoms with Crippen LogP contribution in [0.5, 0.6) is 11.5 Å². The van der Waals surface area contributed by atoms with Gasteiger partial charge in [-0.3, -0.25) is 4.90 Å². The summed E-state index contributed by atoms with van der Waals surface area (Å²) in [7, 11) is 0. The van der Waals surface area contributed by atoms with Crippen molar-refractivity contribution >= 4 is 11.7 Å². The van der Waals surface area contributed by atoms with Crippen LogP contribution < -0.4 is 14.8 Å². The smallest absolute Gasteiger partial charge is 0.322 e. The van der Waals surface area contributed by atoms with Gasteiger partial charge in [0.1, 0.15) is 13.2 Å². The number of ether oxygens (including phenoxy) is 2. The van der Waals surface area contributed by atoms with E-state index in [1.54, 1.807) is 0 Å². The second kappa shape index (κ2) is 7.88. The summed E-state index contributed by atoms with van der Waals surface area (Å²) in [4.78, 5) is 17.0. The zero-order valence-corrected chi connectivity index (χ0v) is 15.6. The van der Waals surface area contributed by atoms with Crippen molar-refractivity contribution in [3.63, 3.8) is 0 Å². The second-order valence-electron chi connectivity index (χ2n) is 7.05. The molecule has 6 nitrogen and oxygen atoms in total. The lowest BCUT2D eigenvalue weighted by Crippen LogP contribution is -2.54. The Hall–Kier alpha value is -2.73. The molecule has 6 heteroatoms. The highest BCUT2D eigenvalue weighted by Crippen LogP contribution is 2.32. The van der Waals surface area contributed by atoms with Gasteiger partial charge in [0.25, 0.3) is 0 Å². The Morgan fingerprint density at radius 3 is 2.63 bits per heavy atom. The lowest BCUT2D eigenvalue weighted by atomic mass is 10.1. The van der Waals surface area contributed by atoms with Crippen LogP contribution in [0.25, 0.3) is 0 Å². The molecule has 2 heterocycles. The van der Waals surface area contributed by atoms with Crippen LogP contribution in [0.4, 0.5) is 10.5 Å². The molecule has 27 heavy (non-hydrogen) atoms. The van der Waals surface area contributed by atoms with E-state index >= 15 is 0 Å². The zero-order valence-electron chi connectivity index (χ0n) is 15.6. The van der Waals surface area contributed by atoms with Crippen LogP contribution in [0.3, 0.4) is 0 Å². The van der Waals surface area contributed by atoms with Crippen LogP contribution >= 0.6 is 0 Å². The largest absolute Gasteiger partial charge is 0.486 e. The van der Waals surface area contributed by atoms with Crippen LogP contribution in [0.15, 0.2) is 48.5 Å². The molecule has 1 atom stereocenters. The third-order valence-electron chi connectivity index (χ3n) is 5.01. The highest BCUT2D eigenvalue weighted by molar-refractivity contribution is 5.90. The number of carbonyl (C=O) groups is 1. The minimum atomic E-state index is -0.0708. The standard InChI is InChI=1S/C21H25N3O3/c1-16-14-23(15-17-5-3-2-4-6-17)9-10-24(16)21(25)22-18-7-8-19-20(13-18)27-12-11-26-19/h2-8,13,16H,9-12,14-15H2,1H3,(H,22,25)/t16-/m1/s1. The molecule has 2 aliphatic heterocycles. The van der Waals surface area contributed by atoms with Crippen molar-refractivity contribution in [2.45, 2.75) is 19.5 Å². The molecule has 0 aliphatic carbocycles. The van der Waals surface area contributed by atoms with E-state index in [0.29, 0.717) is 25.5 Å². The molecule has 2 aromatic rings. The normalized spacial score (nSPS) is 19.6. The Kier molecular flexibility index (Phi) is 5.16. The van der Waals surface area contributed by atoms with Crippen LogP contribution in [0, 0.1) is 0 Å². The summed E-state index contributed by atoms with van der Waals surface area (Å²) in [5.41, 5.74) is 2.03. The topological polar surface area (TPSA) is 54.0 Å². The number of fused-ring (bicyclic) bond motifs is 1. The third kappa shape index (κ3) is 4.17. The maximum absolute atomic E-state index is 12.7. The molecule has 1 saturated heterocycles. The van der Waals surface area contributed by atoms with Gasteiger partial charge in [0.15, 0.2) is 11.5 Å². The molecule has 1 N–H and O–H groups in total. The fraction of sp³-hybridized carbons (Fsp3) is 0.381. The van der Waals surface area contributed by atoms with Gasteiger partial charge in [-0.2, -0.15) is 0 Å². The summed E-state index contributed by atoms with van der Waals surface area (Å²) in [5.74, 6) is 1.40. The quantitative estimate of drug-likeness (QED) is 0.905. The molecule has 142 valence electrons. The number of nitrogens with zero attached hydrogens (tertiary/aromatic N) is 2. The van der Waals surface area contributed by atoms with Gasteiger partial charge in [-0.1, -0.05) is 30.3 Å². The fourth-order valence-corrected chi connectivity index (χ4v) is 3.64. The van der Waals surface area contributed by atoms with Crippen molar-refractivity contribution in [1.29, 1.82) is 0 Å². The summed E-state index contributed by atoms with van der Waals surface area (Å²) >= 11 is 0. The Morgan fingerprint density at radius 2 is 1.85 bits per heavy atom. The van der Waals surface area contributed by atoms with Crippen LogP contribution in [-0.2, 0) is 6.54 Å². The SMILES string of the molecule is C[C@@H]1CN(Cc2ccccc2)CCN1C(=O)Nc1ccc2c(c1)OCCO2. The van der Waals surface area contributed by atoms with E-state index in [2.05, 4.69) is 41.4 Å². The number of amides is 2. The monoisotopic (exact) mass is 367 g/mol. The number of hydrogen-bond acceptors (Lipinski definition) is 4. The number of carbonyl (C=O) groups excluding carboxylic acids is 1. The number of piperazine rings is 1. The highest BCUT2D eigenvalue weighted by Gasteiger charge is 2.27. The van der Waals surface area contributed by atoms with Crippen molar-refractivity contribution in [2.75, 3.05) is 38.2 Å². The van der Waals surface area contributed by atoms with Crippen LogP contribution in [0.2, 0.25) is 0 Å². The van der Waals surface area contributed by atoms with Gasteiger partial charge in [0.05, 0.1) is 0 Å². The molecular weight excluding hydrogens is 342 g/mol. The molecule has 0 saturated carbocycles. The molecule has 2 aromatic carbocycles. The first-order chi connectivity index (χ1) is 13.2. The van der Waals surface area contributed by atoms with E-state index in [1.165, 1.54) is 5.56 Å². The van der Waals surface area contributed by atoms with E-state index in [1.807, 2.05) is 29.2 Å². The van der Waals surface area contributed by atoms with E-state index < -0.39 is 0 Å². The first kappa shape index (κ1) is 17.7. The number of hydrogen-bond donors (Lipinski definition) is 1. The Morgan fingerprint density at radius 1 is 1.07 bits per heavy atom. The minimum Gasteiger partial charge on any atom is -0.486 e. The number of anilines is 1. The Labute approximate surface area is 159 Å². The fourth-order valence-electron chi connectivity index (χ4n) is 3.64. The predicted octanol–water partition coefficient (Wildman–Crippen LogP) is 3.20. The van der Waals surface area contributed by atoms with Crippen molar-refractivity contribution in [2.24, 2.45) is 0 Å². The van der Waals surface area contributed by atoms with E-state index in [0.717, 1.165) is 31.1 Å². The van der Waals surface area contributed by atoms with Crippen molar-refractivity contribution < 1.29 is 14.3 Å². The molecule has 2 amide bonds. The average Bonchev–Trinajstić information content (AvgIpc) is 2.69. The molecule has 0 unspecified atom stereocenters. The predicted molar refractivity (Wildman–Crippen MR) is 104 cm³/mol. The van der Waals surface area contributed by atoms with Gasteiger partial charge < -0.3 is 19.7 Å². The van der Waals surface area contributed by atoms with Crippen molar-refractivity contribution in [3.05, 3.63) is 54.1 Å². The maximum Gasteiger partial charge on any atom is 0.322 e. The number of rotatable bonds is 3. The van der Waals surface area contributed by atoms with Gasteiger partial charge in [-0.15, -0.1) is 0 Å². The summed E-state index contributed by atoms with van der Waals surface area (Å²) in [6, 6.07) is 16.0. The molecule has 0 bridgehead atoms. The lowest BCUT2D eigenvalue weighted by Gasteiger charge is -2.39. The first-order valence-electron chi connectivity index (χ1n) is 9.42. The number of benzene rings is 2. The molecule has 0 radical (unpaired) electrons. The van der Waals surface area contributed by atoms with Crippen LogP contribution in [0.1, 0.15) is 12.5 Å². The van der Waals surface area contributed by atoms with Crippen molar-refractivity contribution in [1.82, 2.24) is 9.80 Å². The van der Waals surface area contributed by atoms with Gasteiger partial charge in [0, 0.05) is 44.0 Å². The molecule has 0 spiro atoms. The van der Waals surface area contributed by atoms with Gasteiger partial charge >= 0.3 is 6.03 Å². The molecule has 4 rings (SSSR count). The summed E-state index contributed by atoms with van der Waals surface area (Å²) in [6.45, 7) is 6.55. The van der Waals surface area contributed by atoms with E-state index in [4.69, 9.17) is 9.47 Å². The molecule has 1 fully saturated rings. The van der Waals surface area contributed by atoms with E-state index in [9.17, 15) is 4.79 Å². The summed E-state index contributed by atoms with van der Waals surface area (Å²) < 4.78 is 11.1. The summed E-state index contributed by atoms with van der Waals surface area (Å²) in [5, 5.41) is 2.99. The molecular formula is C21H25N3O3. The molecule has 0 aromatic heterocycles. The zero-order chi connectivity index (χ0) is 18.6. The second-order valence-corrected chi connectivity index (χ2v) is 7.05. The number of nitrogens with one attached hydrogen (secondary N) is 1. The average molecular weight is 367 g/mol. The highest BCUT2D eigenvalue weighted by atomic mass is 16.6. The van der Waals surface area contributed by atoms with E-state index in [-0.39, 0.29) is 12.1 Å². The molecule has 2 aliphatic rings. The minimum absolute atomic E-state index is 0.0708.